The lowest BCUT2D eigenvalue weighted by Crippen LogP contribution is -2.42. The molecule has 6 heteroatoms. The summed E-state index contributed by atoms with van der Waals surface area (Å²) in [6.07, 6.45) is 0. The molecule has 3 aromatic carbocycles. The zero-order valence-electron chi connectivity index (χ0n) is 16.4. The van der Waals surface area contributed by atoms with Crippen LogP contribution in [-0.2, 0) is 9.53 Å². The van der Waals surface area contributed by atoms with Gasteiger partial charge < -0.3 is 9.47 Å². The summed E-state index contributed by atoms with van der Waals surface area (Å²) in [7, 11) is 0. The summed E-state index contributed by atoms with van der Waals surface area (Å²) in [4.78, 5) is 38.7. The monoisotopic (exact) mass is 401 g/mol. The molecule has 0 unspecified atom stereocenters. The van der Waals surface area contributed by atoms with Gasteiger partial charge in [-0.15, -0.1) is 0 Å². The molecule has 0 spiro atoms. The predicted molar refractivity (Wildman–Crippen MR) is 112 cm³/mol. The van der Waals surface area contributed by atoms with Crippen molar-refractivity contribution < 1.29 is 23.9 Å². The quantitative estimate of drug-likeness (QED) is 0.349. The molecular weight excluding hydrogens is 382 g/mol. The first kappa shape index (κ1) is 19.4. The maximum atomic E-state index is 13.0. The van der Waals surface area contributed by atoms with Crippen molar-refractivity contribution in [2.75, 3.05) is 13.2 Å². The van der Waals surface area contributed by atoms with Crippen molar-refractivity contribution >= 4 is 28.6 Å². The second kappa shape index (κ2) is 7.83. The summed E-state index contributed by atoms with van der Waals surface area (Å²) >= 11 is 0. The molecule has 1 aliphatic heterocycles. The van der Waals surface area contributed by atoms with Gasteiger partial charge in [0, 0.05) is 27.5 Å². The molecule has 1 heterocycles. The summed E-state index contributed by atoms with van der Waals surface area (Å²) in [6.45, 7) is 4.92. The molecule has 0 saturated carbocycles. The van der Waals surface area contributed by atoms with E-state index in [1.807, 2.05) is 36.4 Å². The van der Waals surface area contributed by atoms with E-state index in [1.54, 1.807) is 24.3 Å². The fraction of sp³-hybridized carbons (Fsp3) is 0.125. The molecule has 2 amide bonds. The maximum Gasteiger partial charge on any atom is 0.333 e. The number of imide groups is 1. The largest absolute Gasteiger partial charge is 0.460 e. The van der Waals surface area contributed by atoms with Crippen molar-refractivity contribution in [3.8, 4) is 11.5 Å². The van der Waals surface area contributed by atoms with Gasteiger partial charge in [0.05, 0.1) is 6.54 Å². The number of hydrogen-bond acceptors (Lipinski definition) is 5. The molecule has 0 aromatic heterocycles. The van der Waals surface area contributed by atoms with Gasteiger partial charge in [0.1, 0.15) is 18.1 Å². The van der Waals surface area contributed by atoms with Crippen LogP contribution < -0.4 is 4.74 Å². The van der Waals surface area contributed by atoms with Crippen LogP contribution >= 0.6 is 0 Å². The molecule has 0 aliphatic carbocycles. The van der Waals surface area contributed by atoms with Crippen molar-refractivity contribution in [2.24, 2.45) is 0 Å². The van der Waals surface area contributed by atoms with Crippen LogP contribution in [-0.4, -0.2) is 35.8 Å². The first-order valence-corrected chi connectivity index (χ1v) is 9.45. The molecule has 0 N–H and O–H groups in total. The number of esters is 1. The van der Waals surface area contributed by atoms with Crippen LogP contribution in [0.4, 0.5) is 0 Å². The number of para-hydroxylation sites is 1. The van der Waals surface area contributed by atoms with Crippen LogP contribution in [0, 0.1) is 0 Å². The number of amides is 2. The molecule has 0 atom stereocenters. The summed E-state index contributed by atoms with van der Waals surface area (Å²) in [5, 5.41) is 1.25. The Morgan fingerprint density at radius 2 is 1.63 bits per heavy atom. The molecule has 3 aromatic rings. The van der Waals surface area contributed by atoms with E-state index < -0.39 is 17.8 Å². The van der Waals surface area contributed by atoms with E-state index in [0.29, 0.717) is 33.4 Å². The molecule has 30 heavy (non-hydrogen) atoms. The molecule has 150 valence electrons. The van der Waals surface area contributed by atoms with Gasteiger partial charge in [-0.25, -0.2) is 4.79 Å². The Labute approximate surface area is 173 Å². The number of benzene rings is 3. The lowest BCUT2D eigenvalue weighted by Gasteiger charge is -2.27. The number of carbonyl (C=O) groups is 3. The van der Waals surface area contributed by atoms with Gasteiger partial charge in [-0.1, -0.05) is 36.9 Å². The van der Waals surface area contributed by atoms with E-state index >= 15 is 0 Å². The zero-order valence-corrected chi connectivity index (χ0v) is 16.4. The Balaban J connectivity index is 1.67. The second-order valence-electron chi connectivity index (χ2n) is 6.93. The summed E-state index contributed by atoms with van der Waals surface area (Å²) in [6, 6.07) is 17.9. The summed E-state index contributed by atoms with van der Waals surface area (Å²) in [5.41, 5.74) is 1.08. The SMILES string of the molecule is C=C(C)C(=O)OCCN1C(=O)c2cccc3c(Oc4ccccc4)ccc(c23)C1=O. The van der Waals surface area contributed by atoms with Crippen LogP contribution in [0.5, 0.6) is 11.5 Å². The Bertz CT molecular complexity index is 1160. The van der Waals surface area contributed by atoms with E-state index in [0.717, 1.165) is 4.90 Å². The van der Waals surface area contributed by atoms with Crippen LogP contribution in [0.25, 0.3) is 10.8 Å². The Morgan fingerprint density at radius 3 is 2.33 bits per heavy atom. The molecule has 0 fully saturated rings. The average Bonchev–Trinajstić information content (AvgIpc) is 2.75. The smallest absolute Gasteiger partial charge is 0.333 e. The van der Waals surface area contributed by atoms with Gasteiger partial charge in [-0.3, -0.25) is 14.5 Å². The fourth-order valence-electron chi connectivity index (χ4n) is 3.38. The predicted octanol–water partition coefficient (Wildman–Crippen LogP) is 4.35. The Kier molecular flexibility index (Phi) is 5.06. The lowest BCUT2D eigenvalue weighted by atomic mass is 9.93. The molecule has 0 saturated heterocycles. The topological polar surface area (TPSA) is 72.9 Å². The van der Waals surface area contributed by atoms with Crippen LogP contribution in [0.3, 0.4) is 0 Å². The average molecular weight is 401 g/mol. The van der Waals surface area contributed by atoms with Crippen molar-refractivity contribution in [2.45, 2.75) is 6.92 Å². The number of carbonyl (C=O) groups excluding carboxylic acids is 3. The third-order valence-electron chi connectivity index (χ3n) is 4.82. The van der Waals surface area contributed by atoms with Crippen molar-refractivity contribution in [3.63, 3.8) is 0 Å². The number of rotatable bonds is 6. The highest BCUT2D eigenvalue weighted by Crippen LogP contribution is 2.37. The standard InChI is InChI=1S/C24H19NO5/c1-15(2)24(28)29-14-13-25-22(26)18-10-6-9-17-20(30-16-7-4-3-5-8-16)12-11-19(21(17)18)23(25)27/h3-12H,1,13-14H2,2H3. The third-order valence-corrected chi connectivity index (χ3v) is 4.82. The minimum absolute atomic E-state index is 0.0330. The van der Waals surface area contributed by atoms with E-state index in [9.17, 15) is 14.4 Å². The van der Waals surface area contributed by atoms with Crippen molar-refractivity contribution in [3.05, 3.63) is 83.9 Å². The normalized spacial score (nSPS) is 12.8. The van der Waals surface area contributed by atoms with E-state index in [-0.39, 0.29) is 18.7 Å². The van der Waals surface area contributed by atoms with E-state index in [1.165, 1.54) is 6.92 Å². The van der Waals surface area contributed by atoms with Crippen LogP contribution in [0.15, 0.2) is 72.8 Å². The van der Waals surface area contributed by atoms with Crippen LogP contribution in [0.1, 0.15) is 27.6 Å². The maximum absolute atomic E-state index is 13.0. The van der Waals surface area contributed by atoms with Crippen molar-refractivity contribution in [1.29, 1.82) is 0 Å². The highest BCUT2D eigenvalue weighted by molar-refractivity contribution is 6.26. The number of hydrogen-bond donors (Lipinski definition) is 0. The number of nitrogens with zero attached hydrogens (tertiary/aromatic N) is 1. The van der Waals surface area contributed by atoms with E-state index in [4.69, 9.17) is 9.47 Å². The van der Waals surface area contributed by atoms with Gasteiger partial charge in [0.25, 0.3) is 11.8 Å². The number of ether oxygens (including phenoxy) is 2. The summed E-state index contributed by atoms with van der Waals surface area (Å²) in [5.74, 6) is -0.196. The molecular formula is C24H19NO5. The lowest BCUT2D eigenvalue weighted by molar-refractivity contribution is -0.139. The molecule has 6 nitrogen and oxygen atoms in total. The van der Waals surface area contributed by atoms with Gasteiger partial charge in [0.2, 0.25) is 0 Å². The van der Waals surface area contributed by atoms with Gasteiger partial charge in [-0.05, 0) is 37.3 Å². The molecule has 4 rings (SSSR count). The Hall–Kier alpha value is -3.93. The minimum Gasteiger partial charge on any atom is -0.460 e. The van der Waals surface area contributed by atoms with Gasteiger partial charge in [-0.2, -0.15) is 0 Å². The second-order valence-corrected chi connectivity index (χ2v) is 6.93. The van der Waals surface area contributed by atoms with E-state index in [2.05, 4.69) is 6.58 Å². The Morgan fingerprint density at radius 1 is 0.933 bits per heavy atom. The highest BCUT2D eigenvalue weighted by atomic mass is 16.5. The van der Waals surface area contributed by atoms with Crippen LogP contribution in [0.2, 0.25) is 0 Å². The highest BCUT2D eigenvalue weighted by Gasteiger charge is 2.33. The van der Waals surface area contributed by atoms with Crippen molar-refractivity contribution in [1.82, 2.24) is 4.90 Å². The third kappa shape index (κ3) is 3.43. The van der Waals surface area contributed by atoms with Gasteiger partial charge >= 0.3 is 5.97 Å². The minimum atomic E-state index is -0.558. The molecule has 0 bridgehead atoms. The zero-order chi connectivity index (χ0) is 21.3. The fourth-order valence-corrected chi connectivity index (χ4v) is 3.38. The summed E-state index contributed by atoms with van der Waals surface area (Å²) < 4.78 is 11.0. The van der Waals surface area contributed by atoms with Gasteiger partial charge in [0.15, 0.2) is 0 Å². The molecule has 0 radical (unpaired) electrons. The molecule has 1 aliphatic rings. The first-order valence-electron chi connectivity index (χ1n) is 9.45. The first-order chi connectivity index (χ1) is 14.5.